The monoisotopic (exact) mass is 293 g/mol. The molecule has 0 N–H and O–H groups in total. The highest BCUT2D eigenvalue weighted by atomic mass is 16.6. The Hall–Kier alpha value is -1.85. The normalized spacial score (nSPS) is 19.3. The number of carbonyl (C=O) groups is 2. The molecule has 1 fully saturated rings. The van der Waals surface area contributed by atoms with E-state index in [-0.39, 0.29) is 12.0 Å². The molecule has 0 atom stereocenters. The minimum Gasteiger partial charge on any atom is -0.444 e. The van der Waals surface area contributed by atoms with Gasteiger partial charge in [0.15, 0.2) is 0 Å². The topological polar surface area (TPSA) is 62.2 Å². The molecule has 0 aromatic heterocycles. The molecule has 2 heterocycles. The molecule has 0 aromatic carbocycles. The summed E-state index contributed by atoms with van der Waals surface area (Å²) < 4.78 is 5.34. The summed E-state index contributed by atoms with van der Waals surface area (Å²) >= 11 is 0. The summed E-state index contributed by atoms with van der Waals surface area (Å²) in [5.41, 5.74) is 0.121. The van der Waals surface area contributed by atoms with Crippen LogP contribution < -0.4 is 0 Å². The van der Waals surface area contributed by atoms with E-state index in [4.69, 9.17) is 4.74 Å². The summed E-state index contributed by atoms with van der Waals surface area (Å²) in [7, 11) is 0. The molecule has 0 aliphatic carbocycles. The van der Waals surface area contributed by atoms with Crippen molar-refractivity contribution >= 4 is 17.7 Å². The van der Waals surface area contributed by atoms with E-state index >= 15 is 0 Å². The summed E-state index contributed by atoms with van der Waals surface area (Å²) in [5, 5.41) is 0. The van der Waals surface area contributed by atoms with Gasteiger partial charge in [0, 0.05) is 32.4 Å². The predicted molar refractivity (Wildman–Crippen MR) is 80.2 cm³/mol. The van der Waals surface area contributed by atoms with Crippen LogP contribution in [0, 0.1) is 0 Å². The molecular formula is C15H23N3O3. The van der Waals surface area contributed by atoms with Gasteiger partial charge in [-0.1, -0.05) is 6.08 Å². The number of carbonyl (C=O) groups excluding carboxylic acids is 2. The van der Waals surface area contributed by atoms with Crippen molar-refractivity contribution in [2.45, 2.75) is 39.2 Å². The number of piperazine rings is 1. The third-order valence-electron chi connectivity index (χ3n) is 3.35. The Balaban J connectivity index is 1.85. The summed E-state index contributed by atoms with van der Waals surface area (Å²) in [6.45, 7) is 7.60. The van der Waals surface area contributed by atoms with Gasteiger partial charge in [0.25, 0.3) is 5.91 Å². The predicted octanol–water partition coefficient (Wildman–Crippen LogP) is 1.81. The molecule has 2 amide bonds. The lowest BCUT2D eigenvalue weighted by Crippen LogP contribution is -2.53. The van der Waals surface area contributed by atoms with Crippen LogP contribution in [0.25, 0.3) is 0 Å². The van der Waals surface area contributed by atoms with Gasteiger partial charge in [0.1, 0.15) is 11.3 Å². The van der Waals surface area contributed by atoms with E-state index in [1.165, 1.54) is 0 Å². The zero-order chi connectivity index (χ0) is 15.5. The van der Waals surface area contributed by atoms with Crippen molar-refractivity contribution in [3.05, 3.63) is 12.3 Å². The van der Waals surface area contributed by atoms with E-state index < -0.39 is 5.60 Å². The number of allylic oxidation sites excluding steroid dienone is 1. The van der Waals surface area contributed by atoms with Crippen molar-refractivity contribution in [2.75, 3.05) is 26.2 Å². The molecule has 0 spiro atoms. The SMILES string of the molecule is CC(C)(C)OC(=O)N1CCN(C(=O)C2=NC=CCC2)CC1. The molecule has 2 aliphatic heterocycles. The van der Waals surface area contributed by atoms with Crippen molar-refractivity contribution in [3.8, 4) is 0 Å². The maximum absolute atomic E-state index is 12.3. The number of hydrogen-bond donors (Lipinski definition) is 0. The van der Waals surface area contributed by atoms with Gasteiger partial charge >= 0.3 is 6.09 Å². The van der Waals surface area contributed by atoms with Gasteiger partial charge in [-0.2, -0.15) is 0 Å². The molecule has 0 aromatic rings. The molecule has 21 heavy (non-hydrogen) atoms. The second kappa shape index (κ2) is 6.28. The fourth-order valence-corrected chi connectivity index (χ4v) is 2.27. The number of ether oxygens (including phenoxy) is 1. The first-order valence-electron chi connectivity index (χ1n) is 7.36. The van der Waals surface area contributed by atoms with Crippen LogP contribution in [0.1, 0.15) is 33.6 Å². The van der Waals surface area contributed by atoms with Crippen LogP contribution in [0.15, 0.2) is 17.3 Å². The van der Waals surface area contributed by atoms with Crippen LogP contribution >= 0.6 is 0 Å². The van der Waals surface area contributed by atoms with Gasteiger partial charge in [-0.15, -0.1) is 0 Å². The minimum absolute atomic E-state index is 0.0109. The van der Waals surface area contributed by atoms with Crippen LogP contribution in [0.2, 0.25) is 0 Å². The Kier molecular flexibility index (Phi) is 4.65. The van der Waals surface area contributed by atoms with Crippen LogP contribution in [0.4, 0.5) is 4.79 Å². The first kappa shape index (κ1) is 15.5. The van der Waals surface area contributed by atoms with Gasteiger partial charge in [0.05, 0.1) is 0 Å². The fraction of sp³-hybridized carbons (Fsp3) is 0.667. The van der Waals surface area contributed by atoms with E-state index in [9.17, 15) is 9.59 Å². The Morgan fingerprint density at radius 2 is 1.76 bits per heavy atom. The summed E-state index contributed by atoms with van der Waals surface area (Å²) in [4.78, 5) is 31.8. The molecule has 6 heteroatoms. The van der Waals surface area contributed by atoms with Crippen molar-refractivity contribution in [3.63, 3.8) is 0 Å². The lowest BCUT2D eigenvalue weighted by atomic mass is 10.1. The van der Waals surface area contributed by atoms with Gasteiger partial charge in [-0.05, 0) is 33.6 Å². The van der Waals surface area contributed by atoms with Gasteiger partial charge in [-0.25, -0.2) is 4.79 Å². The molecule has 116 valence electrons. The van der Waals surface area contributed by atoms with E-state index in [0.29, 0.717) is 38.3 Å². The molecule has 1 saturated heterocycles. The van der Waals surface area contributed by atoms with E-state index in [1.54, 1.807) is 16.0 Å². The third kappa shape index (κ3) is 4.31. The molecule has 2 rings (SSSR count). The number of amides is 2. The molecule has 0 radical (unpaired) electrons. The van der Waals surface area contributed by atoms with Crippen molar-refractivity contribution in [1.82, 2.24) is 9.80 Å². The van der Waals surface area contributed by atoms with Crippen LogP contribution in [0.3, 0.4) is 0 Å². The number of nitrogens with zero attached hydrogens (tertiary/aromatic N) is 3. The van der Waals surface area contributed by atoms with Crippen LogP contribution in [0.5, 0.6) is 0 Å². The average molecular weight is 293 g/mol. The highest BCUT2D eigenvalue weighted by Gasteiger charge is 2.29. The lowest BCUT2D eigenvalue weighted by molar-refractivity contribution is -0.125. The highest BCUT2D eigenvalue weighted by Crippen LogP contribution is 2.13. The third-order valence-corrected chi connectivity index (χ3v) is 3.35. The Bertz CT molecular complexity index is 469. The number of aliphatic imine (C=N–C) groups is 1. The Morgan fingerprint density at radius 1 is 1.14 bits per heavy atom. The fourth-order valence-electron chi connectivity index (χ4n) is 2.27. The van der Waals surface area contributed by atoms with Crippen molar-refractivity contribution in [2.24, 2.45) is 4.99 Å². The van der Waals surface area contributed by atoms with E-state index in [0.717, 1.165) is 6.42 Å². The number of rotatable bonds is 1. The van der Waals surface area contributed by atoms with Gasteiger partial charge in [-0.3, -0.25) is 9.79 Å². The number of hydrogen-bond acceptors (Lipinski definition) is 4. The highest BCUT2D eigenvalue weighted by molar-refractivity contribution is 6.39. The molecule has 0 unspecified atom stereocenters. The smallest absolute Gasteiger partial charge is 0.410 e. The zero-order valence-electron chi connectivity index (χ0n) is 13.0. The minimum atomic E-state index is -0.493. The largest absolute Gasteiger partial charge is 0.444 e. The van der Waals surface area contributed by atoms with E-state index in [2.05, 4.69) is 4.99 Å². The quantitative estimate of drug-likeness (QED) is 0.741. The van der Waals surface area contributed by atoms with Crippen LogP contribution in [-0.4, -0.2) is 59.3 Å². The van der Waals surface area contributed by atoms with Crippen LogP contribution in [-0.2, 0) is 9.53 Å². The molecule has 0 saturated carbocycles. The van der Waals surface area contributed by atoms with Crippen molar-refractivity contribution < 1.29 is 14.3 Å². The lowest BCUT2D eigenvalue weighted by Gasteiger charge is -2.35. The Morgan fingerprint density at radius 3 is 2.29 bits per heavy atom. The average Bonchev–Trinajstić information content (AvgIpc) is 2.46. The summed E-state index contributed by atoms with van der Waals surface area (Å²) in [6.07, 6.45) is 4.89. The maximum Gasteiger partial charge on any atom is 0.410 e. The molecular weight excluding hydrogens is 270 g/mol. The van der Waals surface area contributed by atoms with E-state index in [1.807, 2.05) is 26.8 Å². The molecule has 2 aliphatic rings. The first-order chi connectivity index (χ1) is 9.87. The Labute approximate surface area is 125 Å². The summed E-state index contributed by atoms with van der Waals surface area (Å²) in [5.74, 6) is -0.0109. The standard InChI is InChI=1S/C15H23N3O3/c1-15(2,3)21-14(20)18-10-8-17(9-11-18)13(19)12-6-4-5-7-16-12/h5,7H,4,6,8-11H2,1-3H3. The molecule has 0 bridgehead atoms. The first-order valence-corrected chi connectivity index (χ1v) is 7.36. The van der Waals surface area contributed by atoms with Gasteiger partial charge in [0.2, 0.25) is 0 Å². The zero-order valence-corrected chi connectivity index (χ0v) is 13.0. The van der Waals surface area contributed by atoms with Gasteiger partial charge < -0.3 is 14.5 Å². The van der Waals surface area contributed by atoms with Crippen molar-refractivity contribution in [1.29, 1.82) is 0 Å². The second-order valence-corrected chi connectivity index (χ2v) is 6.26. The maximum atomic E-state index is 12.3. The molecule has 6 nitrogen and oxygen atoms in total. The second-order valence-electron chi connectivity index (χ2n) is 6.26. The summed E-state index contributed by atoms with van der Waals surface area (Å²) in [6, 6.07) is 0.